The average Bonchev–Trinajstić information content (AvgIpc) is 2.83. The fourth-order valence-electron chi connectivity index (χ4n) is 2.19. The first-order valence-electron chi connectivity index (χ1n) is 6.95. The van der Waals surface area contributed by atoms with Crippen LogP contribution in [0.15, 0.2) is 24.4 Å². The van der Waals surface area contributed by atoms with E-state index in [2.05, 4.69) is 10.3 Å². The molecule has 2 aromatic heterocycles. The lowest BCUT2D eigenvalue weighted by Gasteiger charge is -2.11. The summed E-state index contributed by atoms with van der Waals surface area (Å²) in [4.78, 5) is 26.9. The van der Waals surface area contributed by atoms with Gasteiger partial charge in [-0.05, 0) is 38.8 Å². The highest BCUT2D eigenvalue weighted by atomic mass is 16.4. The molecule has 0 aliphatic carbocycles. The Labute approximate surface area is 122 Å². The molecule has 112 valence electrons. The molecule has 0 aliphatic rings. The number of hydrogen-bond donors (Lipinski definition) is 2. The molecule has 1 unspecified atom stereocenters. The van der Waals surface area contributed by atoms with Gasteiger partial charge in [-0.1, -0.05) is 6.07 Å². The van der Waals surface area contributed by atoms with Crippen molar-refractivity contribution in [3.05, 3.63) is 35.8 Å². The van der Waals surface area contributed by atoms with Crippen molar-refractivity contribution in [1.82, 2.24) is 14.7 Å². The quantitative estimate of drug-likeness (QED) is 0.852. The van der Waals surface area contributed by atoms with Crippen LogP contribution < -0.4 is 5.32 Å². The van der Waals surface area contributed by atoms with Crippen LogP contribution in [-0.4, -0.2) is 32.4 Å². The zero-order valence-corrected chi connectivity index (χ0v) is 12.2. The number of pyridine rings is 1. The van der Waals surface area contributed by atoms with Crippen LogP contribution in [0.3, 0.4) is 0 Å². The van der Waals surface area contributed by atoms with Crippen LogP contribution in [0.25, 0.3) is 5.65 Å². The molecular weight excluding hydrogens is 270 g/mol. The fraction of sp³-hybridized carbons (Fsp3) is 0.400. The maximum atomic E-state index is 12.1. The Morgan fingerprint density at radius 3 is 2.86 bits per heavy atom. The number of carbonyl (C=O) groups is 2. The topological polar surface area (TPSA) is 83.7 Å². The van der Waals surface area contributed by atoms with E-state index in [9.17, 15) is 9.59 Å². The summed E-state index contributed by atoms with van der Waals surface area (Å²) in [6.07, 6.45) is 3.00. The van der Waals surface area contributed by atoms with E-state index in [4.69, 9.17) is 5.11 Å². The van der Waals surface area contributed by atoms with Crippen molar-refractivity contribution in [2.45, 2.75) is 39.2 Å². The Morgan fingerprint density at radius 2 is 2.19 bits per heavy atom. The number of carboxylic acids is 1. The third-order valence-electron chi connectivity index (χ3n) is 3.33. The Kier molecular flexibility index (Phi) is 4.57. The lowest BCUT2D eigenvalue weighted by molar-refractivity contribution is -0.137. The molecule has 6 nitrogen and oxygen atoms in total. The van der Waals surface area contributed by atoms with E-state index in [1.807, 2.05) is 36.4 Å². The van der Waals surface area contributed by atoms with E-state index in [-0.39, 0.29) is 18.4 Å². The molecule has 0 aliphatic heterocycles. The number of aliphatic carboxylic acids is 1. The molecule has 0 spiro atoms. The van der Waals surface area contributed by atoms with Crippen LogP contribution in [0.2, 0.25) is 0 Å². The minimum atomic E-state index is -0.815. The predicted octanol–water partition coefficient (Wildman–Crippen LogP) is 2.02. The first kappa shape index (κ1) is 15.0. The second kappa shape index (κ2) is 6.39. The number of aromatic nitrogens is 2. The summed E-state index contributed by atoms with van der Waals surface area (Å²) in [7, 11) is 0. The first-order chi connectivity index (χ1) is 9.97. The Balaban J connectivity index is 1.98. The van der Waals surface area contributed by atoms with Gasteiger partial charge in [-0.25, -0.2) is 4.98 Å². The van der Waals surface area contributed by atoms with Gasteiger partial charge in [0.05, 0.1) is 0 Å². The van der Waals surface area contributed by atoms with E-state index in [1.165, 1.54) is 0 Å². The van der Waals surface area contributed by atoms with Crippen LogP contribution in [0.1, 0.15) is 42.4 Å². The molecule has 0 bridgehead atoms. The Bertz CT molecular complexity index is 663. The van der Waals surface area contributed by atoms with Crippen molar-refractivity contribution < 1.29 is 14.7 Å². The molecule has 2 rings (SSSR count). The van der Waals surface area contributed by atoms with Crippen LogP contribution in [0.4, 0.5) is 0 Å². The maximum Gasteiger partial charge on any atom is 0.303 e. The molecule has 2 heterocycles. The number of carboxylic acid groups (broad SMARTS) is 1. The van der Waals surface area contributed by atoms with Crippen LogP contribution in [-0.2, 0) is 4.79 Å². The number of fused-ring (bicyclic) bond motifs is 1. The van der Waals surface area contributed by atoms with Gasteiger partial charge in [-0.3, -0.25) is 9.59 Å². The van der Waals surface area contributed by atoms with Gasteiger partial charge >= 0.3 is 5.97 Å². The van der Waals surface area contributed by atoms with E-state index >= 15 is 0 Å². The monoisotopic (exact) mass is 289 g/mol. The minimum absolute atomic E-state index is 0.0808. The van der Waals surface area contributed by atoms with E-state index in [1.54, 1.807) is 6.20 Å². The molecule has 1 amide bonds. The second-order valence-corrected chi connectivity index (χ2v) is 5.18. The molecule has 0 fully saturated rings. The van der Waals surface area contributed by atoms with Crippen molar-refractivity contribution in [3.8, 4) is 0 Å². The van der Waals surface area contributed by atoms with Gasteiger partial charge in [0.1, 0.15) is 11.3 Å². The number of amides is 1. The van der Waals surface area contributed by atoms with Crippen molar-refractivity contribution >= 4 is 17.5 Å². The summed E-state index contributed by atoms with van der Waals surface area (Å²) in [5.74, 6) is -1.05. The van der Waals surface area contributed by atoms with Crippen molar-refractivity contribution in [1.29, 1.82) is 0 Å². The highest BCUT2D eigenvalue weighted by Crippen LogP contribution is 2.09. The highest BCUT2D eigenvalue weighted by molar-refractivity contribution is 5.93. The lowest BCUT2D eigenvalue weighted by Crippen LogP contribution is -2.32. The number of imidazole rings is 1. The summed E-state index contributed by atoms with van der Waals surface area (Å²) in [6, 6.07) is 5.61. The molecule has 2 N–H and O–H groups in total. The fourth-order valence-corrected chi connectivity index (χ4v) is 2.19. The normalized spacial score (nSPS) is 12.3. The molecule has 0 saturated heterocycles. The number of nitrogens with zero attached hydrogens (tertiary/aromatic N) is 2. The zero-order valence-electron chi connectivity index (χ0n) is 12.2. The largest absolute Gasteiger partial charge is 0.481 e. The van der Waals surface area contributed by atoms with Crippen molar-refractivity contribution in [2.24, 2.45) is 0 Å². The van der Waals surface area contributed by atoms with Crippen molar-refractivity contribution in [2.75, 3.05) is 0 Å². The average molecular weight is 289 g/mol. The van der Waals surface area contributed by atoms with E-state index in [0.717, 1.165) is 11.3 Å². The number of rotatable bonds is 6. The number of nitrogens with one attached hydrogen (secondary N) is 1. The smallest absolute Gasteiger partial charge is 0.303 e. The van der Waals surface area contributed by atoms with Gasteiger partial charge in [0.25, 0.3) is 5.91 Å². The summed E-state index contributed by atoms with van der Waals surface area (Å²) < 4.78 is 1.87. The van der Waals surface area contributed by atoms with E-state index in [0.29, 0.717) is 18.5 Å². The van der Waals surface area contributed by atoms with Gasteiger partial charge < -0.3 is 14.8 Å². The highest BCUT2D eigenvalue weighted by Gasteiger charge is 2.14. The zero-order chi connectivity index (χ0) is 15.4. The van der Waals surface area contributed by atoms with Gasteiger partial charge in [-0.2, -0.15) is 0 Å². The minimum Gasteiger partial charge on any atom is -0.481 e. The summed E-state index contributed by atoms with van der Waals surface area (Å²) in [5, 5.41) is 11.4. The summed E-state index contributed by atoms with van der Waals surface area (Å²) in [6.45, 7) is 3.81. The number of hydrogen-bond acceptors (Lipinski definition) is 3. The molecular formula is C15H19N3O3. The van der Waals surface area contributed by atoms with Crippen LogP contribution in [0, 0.1) is 6.92 Å². The molecule has 0 radical (unpaired) electrons. The molecule has 0 aromatic carbocycles. The molecule has 2 aromatic rings. The second-order valence-electron chi connectivity index (χ2n) is 5.18. The predicted molar refractivity (Wildman–Crippen MR) is 78.3 cm³/mol. The molecule has 6 heteroatoms. The first-order valence-corrected chi connectivity index (χ1v) is 6.95. The van der Waals surface area contributed by atoms with Crippen LogP contribution in [0.5, 0.6) is 0 Å². The SMILES string of the molecule is Cc1cccc2nc(C(=O)NC(C)CCCC(=O)O)cn12. The Morgan fingerprint density at radius 1 is 1.43 bits per heavy atom. The lowest BCUT2D eigenvalue weighted by atomic mass is 10.1. The van der Waals surface area contributed by atoms with Crippen molar-refractivity contribution in [3.63, 3.8) is 0 Å². The molecule has 21 heavy (non-hydrogen) atoms. The maximum absolute atomic E-state index is 12.1. The number of aryl methyl sites for hydroxylation is 1. The third-order valence-corrected chi connectivity index (χ3v) is 3.33. The number of carbonyl (C=O) groups excluding carboxylic acids is 1. The third kappa shape index (κ3) is 3.81. The molecule has 1 atom stereocenters. The van der Waals surface area contributed by atoms with Crippen LogP contribution >= 0.6 is 0 Å². The van der Waals surface area contributed by atoms with Gasteiger partial charge in [0, 0.05) is 24.4 Å². The van der Waals surface area contributed by atoms with Gasteiger partial charge in [-0.15, -0.1) is 0 Å². The standard InChI is InChI=1S/C15H19N3O3/c1-10(5-3-8-14(19)20)16-15(21)12-9-18-11(2)6-4-7-13(18)17-12/h4,6-7,9-10H,3,5,8H2,1-2H3,(H,16,21)(H,19,20). The molecule has 0 saturated carbocycles. The van der Waals surface area contributed by atoms with Gasteiger partial charge in [0.15, 0.2) is 0 Å². The Hall–Kier alpha value is -2.37. The summed E-state index contributed by atoms with van der Waals surface area (Å²) >= 11 is 0. The van der Waals surface area contributed by atoms with Gasteiger partial charge in [0.2, 0.25) is 0 Å². The summed E-state index contributed by atoms with van der Waals surface area (Å²) in [5.41, 5.74) is 2.11. The van der Waals surface area contributed by atoms with E-state index < -0.39 is 5.97 Å².